The molecule has 0 spiro atoms. The molecular weight excluding hydrogens is 378 g/mol. The van der Waals surface area contributed by atoms with Crippen molar-refractivity contribution in [1.82, 2.24) is 19.8 Å². The van der Waals surface area contributed by atoms with E-state index in [0.29, 0.717) is 22.9 Å². The predicted octanol–water partition coefficient (Wildman–Crippen LogP) is 3.33. The summed E-state index contributed by atoms with van der Waals surface area (Å²) in [5.74, 6) is 1.14. The molecule has 1 fully saturated rings. The maximum absolute atomic E-state index is 13.0. The Bertz CT molecular complexity index is 1060. The van der Waals surface area contributed by atoms with Gasteiger partial charge in [-0.05, 0) is 37.2 Å². The van der Waals surface area contributed by atoms with Crippen LogP contribution >= 0.6 is 0 Å². The lowest BCUT2D eigenvalue weighted by Crippen LogP contribution is -2.47. The van der Waals surface area contributed by atoms with Crippen LogP contribution in [0.2, 0.25) is 0 Å². The molecule has 2 heterocycles. The van der Waals surface area contributed by atoms with Crippen molar-refractivity contribution < 1.29 is 9.53 Å². The van der Waals surface area contributed by atoms with E-state index in [1.165, 1.54) is 5.56 Å². The van der Waals surface area contributed by atoms with Gasteiger partial charge in [-0.3, -0.25) is 4.79 Å². The Kier molecular flexibility index (Phi) is 5.81. The van der Waals surface area contributed by atoms with Gasteiger partial charge in [-0.15, -0.1) is 0 Å². The maximum atomic E-state index is 13.0. The quantitative estimate of drug-likeness (QED) is 0.702. The molecule has 0 atom stereocenters. The molecule has 1 aliphatic rings. The van der Waals surface area contributed by atoms with Crippen LogP contribution in [0.25, 0.3) is 10.9 Å². The highest BCUT2D eigenvalue weighted by Crippen LogP contribution is 2.29. The van der Waals surface area contributed by atoms with Crippen molar-refractivity contribution in [2.24, 2.45) is 0 Å². The molecule has 4 rings (SSSR count). The van der Waals surface area contributed by atoms with Crippen LogP contribution in [-0.4, -0.2) is 66.0 Å². The molecule has 7 nitrogen and oxygen atoms in total. The molecule has 0 unspecified atom stereocenters. The van der Waals surface area contributed by atoms with Crippen molar-refractivity contribution in [3.8, 4) is 5.75 Å². The molecule has 3 aromatic rings. The minimum Gasteiger partial charge on any atom is -0.495 e. The number of nitrogens with one attached hydrogen (secondary N) is 1. The molecule has 0 saturated carbocycles. The Hall–Kier alpha value is -3.19. The van der Waals surface area contributed by atoms with Crippen LogP contribution in [0, 0.1) is 0 Å². The number of nitrogens with zero attached hydrogens (tertiary/aromatic N) is 4. The van der Waals surface area contributed by atoms with Crippen LogP contribution in [0.4, 0.5) is 11.6 Å². The van der Waals surface area contributed by atoms with Crippen molar-refractivity contribution >= 4 is 28.4 Å². The second-order valence-corrected chi connectivity index (χ2v) is 7.54. The molecule has 1 N–H and O–H groups in total. The number of methoxy groups -OCH3 is 1. The number of piperazine rings is 1. The van der Waals surface area contributed by atoms with Gasteiger partial charge >= 0.3 is 0 Å². The van der Waals surface area contributed by atoms with E-state index >= 15 is 0 Å². The topological polar surface area (TPSA) is 70.6 Å². The van der Waals surface area contributed by atoms with Gasteiger partial charge in [0.2, 0.25) is 5.95 Å². The molecule has 0 bridgehead atoms. The molecule has 2 aromatic carbocycles. The summed E-state index contributed by atoms with van der Waals surface area (Å²) in [4.78, 5) is 26.3. The summed E-state index contributed by atoms with van der Waals surface area (Å²) in [5, 5.41) is 4.25. The number of para-hydroxylation sites is 1. The van der Waals surface area contributed by atoms with Crippen LogP contribution in [0.5, 0.6) is 5.75 Å². The zero-order valence-electron chi connectivity index (χ0n) is 17.7. The number of aromatic nitrogens is 2. The molecule has 1 amide bonds. The number of amides is 1. The van der Waals surface area contributed by atoms with Crippen LogP contribution in [0.1, 0.15) is 22.8 Å². The number of likely N-dealkylation sites (N-methyl/N-ethyl adjacent to an activating group) is 1. The SMILES string of the molecule is CCc1cccc2cnc(Nc3cc(C(=O)N4CCN(C)CC4)ccc3OC)nc12. The average Bonchev–Trinajstić information content (AvgIpc) is 2.78. The summed E-state index contributed by atoms with van der Waals surface area (Å²) in [6.07, 6.45) is 2.71. The van der Waals surface area contributed by atoms with Crippen molar-refractivity contribution in [2.45, 2.75) is 13.3 Å². The lowest BCUT2D eigenvalue weighted by molar-refractivity contribution is 0.0664. The fourth-order valence-corrected chi connectivity index (χ4v) is 3.71. The Balaban J connectivity index is 1.63. The molecule has 1 aromatic heterocycles. The molecule has 0 aliphatic carbocycles. The third-order valence-electron chi connectivity index (χ3n) is 5.56. The summed E-state index contributed by atoms with van der Waals surface area (Å²) in [6.45, 7) is 5.35. The van der Waals surface area contributed by atoms with Gasteiger partial charge in [-0.1, -0.05) is 25.1 Å². The van der Waals surface area contributed by atoms with Gasteiger partial charge in [-0.2, -0.15) is 0 Å². The molecule has 30 heavy (non-hydrogen) atoms. The first-order valence-corrected chi connectivity index (χ1v) is 10.3. The second-order valence-electron chi connectivity index (χ2n) is 7.54. The van der Waals surface area contributed by atoms with Gasteiger partial charge in [0.05, 0.1) is 18.3 Å². The molecule has 156 valence electrons. The maximum Gasteiger partial charge on any atom is 0.254 e. The van der Waals surface area contributed by atoms with E-state index in [4.69, 9.17) is 9.72 Å². The van der Waals surface area contributed by atoms with Crippen molar-refractivity contribution in [3.63, 3.8) is 0 Å². The van der Waals surface area contributed by atoms with E-state index in [-0.39, 0.29) is 5.91 Å². The third-order valence-corrected chi connectivity index (χ3v) is 5.56. The zero-order valence-corrected chi connectivity index (χ0v) is 17.7. The minimum atomic E-state index is 0.0292. The fourth-order valence-electron chi connectivity index (χ4n) is 3.71. The van der Waals surface area contributed by atoms with Gasteiger partial charge < -0.3 is 19.9 Å². The van der Waals surface area contributed by atoms with Crippen LogP contribution in [-0.2, 0) is 6.42 Å². The Morgan fingerprint density at radius 3 is 2.70 bits per heavy atom. The number of benzene rings is 2. The summed E-state index contributed by atoms with van der Waals surface area (Å²) in [7, 11) is 3.68. The van der Waals surface area contributed by atoms with E-state index in [1.807, 2.05) is 35.4 Å². The van der Waals surface area contributed by atoms with Gasteiger partial charge in [0.15, 0.2) is 0 Å². The average molecular weight is 406 g/mol. The summed E-state index contributed by atoms with van der Waals surface area (Å²) < 4.78 is 5.49. The Morgan fingerprint density at radius 1 is 1.17 bits per heavy atom. The normalized spacial score (nSPS) is 14.7. The van der Waals surface area contributed by atoms with E-state index in [0.717, 1.165) is 43.5 Å². The van der Waals surface area contributed by atoms with Crippen molar-refractivity contribution in [3.05, 3.63) is 53.7 Å². The number of ether oxygens (including phenoxy) is 1. The number of carbonyl (C=O) groups excluding carboxylic acids is 1. The van der Waals surface area contributed by atoms with Gasteiger partial charge in [0.1, 0.15) is 5.75 Å². The molecule has 1 saturated heterocycles. The molecule has 0 radical (unpaired) electrons. The number of carbonyl (C=O) groups is 1. The number of rotatable bonds is 5. The zero-order chi connectivity index (χ0) is 21.1. The smallest absolute Gasteiger partial charge is 0.254 e. The van der Waals surface area contributed by atoms with Gasteiger partial charge in [-0.25, -0.2) is 9.97 Å². The highest BCUT2D eigenvalue weighted by Gasteiger charge is 2.21. The first-order chi connectivity index (χ1) is 14.6. The van der Waals surface area contributed by atoms with Crippen molar-refractivity contribution in [1.29, 1.82) is 0 Å². The standard InChI is InChI=1S/C23H27N5O2/c1-4-16-6-5-7-18-15-24-23(26-21(16)18)25-19-14-17(8-9-20(19)30-3)22(29)28-12-10-27(2)11-13-28/h5-9,14-15H,4,10-13H2,1-3H3,(H,24,25,26). The number of aryl methyl sites for hydroxylation is 1. The first-order valence-electron chi connectivity index (χ1n) is 10.3. The summed E-state index contributed by atoms with van der Waals surface area (Å²) in [6, 6.07) is 11.5. The predicted molar refractivity (Wildman–Crippen MR) is 119 cm³/mol. The van der Waals surface area contributed by atoms with Crippen LogP contribution in [0.15, 0.2) is 42.6 Å². The minimum absolute atomic E-state index is 0.0292. The van der Waals surface area contributed by atoms with E-state index in [1.54, 1.807) is 13.2 Å². The lowest BCUT2D eigenvalue weighted by Gasteiger charge is -2.32. The highest BCUT2D eigenvalue weighted by molar-refractivity contribution is 5.96. The Labute approximate surface area is 176 Å². The number of hydrogen-bond acceptors (Lipinski definition) is 6. The number of fused-ring (bicyclic) bond motifs is 1. The van der Waals surface area contributed by atoms with E-state index in [2.05, 4.69) is 35.2 Å². The number of hydrogen-bond donors (Lipinski definition) is 1. The third kappa shape index (κ3) is 4.07. The Morgan fingerprint density at radius 2 is 1.97 bits per heavy atom. The number of anilines is 2. The van der Waals surface area contributed by atoms with E-state index in [9.17, 15) is 4.79 Å². The molecule has 7 heteroatoms. The molecular formula is C23H27N5O2. The van der Waals surface area contributed by atoms with Gasteiger partial charge in [0, 0.05) is 43.3 Å². The molecule has 1 aliphatic heterocycles. The second kappa shape index (κ2) is 8.67. The largest absolute Gasteiger partial charge is 0.495 e. The van der Waals surface area contributed by atoms with Crippen molar-refractivity contribution in [2.75, 3.05) is 45.7 Å². The summed E-state index contributed by atoms with van der Waals surface area (Å²) in [5.41, 5.74) is 3.40. The highest BCUT2D eigenvalue weighted by atomic mass is 16.5. The van der Waals surface area contributed by atoms with Gasteiger partial charge in [0.25, 0.3) is 5.91 Å². The lowest BCUT2D eigenvalue weighted by atomic mass is 10.1. The monoisotopic (exact) mass is 405 g/mol. The van der Waals surface area contributed by atoms with E-state index < -0.39 is 0 Å². The van der Waals surface area contributed by atoms with Crippen LogP contribution in [0.3, 0.4) is 0 Å². The summed E-state index contributed by atoms with van der Waals surface area (Å²) >= 11 is 0. The fraction of sp³-hybridized carbons (Fsp3) is 0.348. The van der Waals surface area contributed by atoms with Crippen LogP contribution < -0.4 is 10.1 Å². The first kappa shape index (κ1) is 20.1.